The summed E-state index contributed by atoms with van der Waals surface area (Å²) in [5.74, 6) is 0.00772. The molecule has 0 aromatic heterocycles. The molecular formula is C26H23BrO3S. The van der Waals surface area contributed by atoms with E-state index in [9.17, 15) is 13.0 Å². The van der Waals surface area contributed by atoms with Crippen LogP contribution in [0.5, 0.6) is 0 Å². The molecule has 1 N–H and O–H groups in total. The number of hydrogen-bond acceptors (Lipinski definition) is 2. The molecule has 0 saturated carbocycles. The number of benzene rings is 3. The molecule has 3 atom stereocenters. The molecule has 31 heavy (non-hydrogen) atoms. The van der Waals surface area contributed by atoms with Crippen molar-refractivity contribution in [3.8, 4) is 0 Å². The van der Waals surface area contributed by atoms with Gasteiger partial charge in [-0.15, -0.1) is 0 Å². The Hall–Kier alpha value is -2.21. The molecule has 0 spiro atoms. The van der Waals surface area contributed by atoms with E-state index >= 15 is 0 Å². The molecule has 0 fully saturated rings. The van der Waals surface area contributed by atoms with Gasteiger partial charge in [0.1, 0.15) is 5.25 Å². The molecule has 158 valence electrons. The number of allylic oxidation sites excluding steroid dienone is 1. The highest BCUT2D eigenvalue weighted by molar-refractivity contribution is 9.10. The van der Waals surface area contributed by atoms with Gasteiger partial charge in [-0.2, -0.15) is 8.42 Å². The molecule has 3 nitrogen and oxygen atoms in total. The summed E-state index contributed by atoms with van der Waals surface area (Å²) in [5.41, 5.74) is 3.05. The second-order valence-corrected chi connectivity index (χ2v) is 10.9. The average molecular weight is 495 g/mol. The predicted molar refractivity (Wildman–Crippen MR) is 131 cm³/mol. The summed E-state index contributed by atoms with van der Waals surface area (Å²) in [5, 5.41) is 3.75. The van der Waals surface area contributed by atoms with Crippen molar-refractivity contribution < 1.29 is 13.0 Å². The molecule has 3 aromatic carbocycles. The first-order valence-corrected chi connectivity index (χ1v) is 12.8. The fraction of sp³-hybridized carbons (Fsp3) is 0.231. The van der Waals surface area contributed by atoms with E-state index in [0.29, 0.717) is 5.92 Å². The normalized spacial score (nSPS) is 22.4. The van der Waals surface area contributed by atoms with Crippen LogP contribution in [0.2, 0.25) is 0 Å². The molecule has 5 heteroatoms. The average Bonchev–Trinajstić information content (AvgIpc) is 2.77. The van der Waals surface area contributed by atoms with E-state index in [0.717, 1.165) is 32.6 Å². The molecule has 3 aromatic rings. The maximum Gasteiger partial charge on any atom is 0.269 e. The minimum absolute atomic E-state index is 0.282. The van der Waals surface area contributed by atoms with E-state index in [1.165, 1.54) is 16.2 Å². The Morgan fingerprint density at radius 2 is 1.71 bits per heavy atom. The largest absolute Gasteiger partial charge is 0.285 e. The minimum Gasteiger partial charge on any atom is -0.285 e. The Bertz CT molecular complexity index is 1440. The molecule has 2 aliphatic carbocycles. The van der Waals surface area contributed by atoms with Gasteiger partial charge in [0.2, 0.25) is 0 Å². The number of fused-ring (bicyclic) bond motifs is 5. The third-order valence-electron chi connectivity index (χ3n) is 6.60. The third-order valence-corrected chi connectivity index (χ3v) is 8.36. The number of halogens is 1. The van der Waals surface area contributed by atoms with E-state index < -0.39 is 21.3 Å². The first kappa shape index (κ1) is 20.7. The quantitative estimate of drug-likeness (QED) is 0.520. The Morgan fingerprint density at radius 1 is 1.00 bits per heavy atom. The van der Waals surface area contributed by atoms with Gasteiger partial charge in [0.05, 0.1) is 0 Å². The maximum absolute atomic E-state index is 12.3. The van der Waals surface area contributed by atoms with Gasteiger partial charge in [0.25, 0.3) is 10.1 Å². The van der Waals surface area contributed by atoms with Gasteiger partial charge in [-0.3, -0.25) is 4.55 Å². The third kappa shape index (κ3) is 3.59. The summed E-state index contributed by atoms with van der Waals surface area (Å²) in [7, 11) is -4.21. The Labute approximate surface area is 190 Å². The van der Waals surface area contributed by atoms with Crippen LogP contribution in [0.25, 0.3) is 29.0 Å². The Kier molecular flexibility index (Phi) is 5.16. The lowest BCUT2D eigenvalue weighted by Crippen LogP contribution is -2.35. The molecule has 0 saturated heterocycles. The fourth-order valence-corrected chi connectivity index (χ4v) is 6.25. The lowest BCUT2D eigenvalue weighted by atomic mass is 9.80. The van der Waals surface area contributed by atoms with Gasteiger partial charge >= 0.3 is 0 Å². The highest BCUT2D eigenvalue weighted by Crippen LogP contribution is 2.36. The van der Waals surface area contributed by atoms with Crippen molar-refractivity contribution in [2.75, 3.05) is 0 Å². The second kappa shape index (κ2) is 7.73. The summed E-state index contributed by atoms with van der Waals surface area (Å²) in [4.78, 5) is 0. The number of rotatable bonds is 3. The molecule has 0 bridgehead atoms. The fourth-order valence-electron chi connectivity index (χ4n) is 5.00. The SMILES string of the molecule is CCC1C=Cc2ccc3c4c(ccc3c2=C1)C(c1ccc(Br)cc1)C(S(=O)(=O)O)CC=4. The van der Waals surface area contributed by atoms with Gasteiger partial charge in [0, 0.05) is 10.4 Å². The molecule has 0 amide bonds. The van der Waals surface area contributed by atoms with Crippen molar-refractivity contribution in [2.45, 2.75) is 30.9 Å². The van der Waals surface area contributed by atoms with Crippen molar-refractivity contribution in [3.05, 3.63) is 86.2 Å². The van der Waals surface area contributed by atoms with Crippen LogP contribution in [0.1, 0.15) is 42.4 Å². The van der Waals surface area contributed by atoms with Crippen molar-refractivity contribution in [3.63, 3.8) is 0 Å². The predicted octanol–water partition coefficient (Wildman–Crippen LogP) is 5.01. The van der Waals surface area contributed by atoms with Gasteiger partial charge < -0.3 is 0 Å². The standard InChI is InChI=1S/C26H23BrO3S/c1-2-16-3-4-17-7-10-20-21-13-14-25(31(28,29)30)26(18-5-8-19(27)9-6-18)23(21)12-11-22(20)24(17)15-16/h3-13,15-16,25-26H,2,14H2,1H3,(H,28,29,30). The van der Waals surface area contributed by atoms with E-state index in [1.54, 1.807) is 0 Å². The van der Waals surface area contributed by atoms with Crippen molar-refractivity contribution in [2.24, 2.45) is 5.92 Å². The highest BCUT2D eigenvalue weighted by Gasteiger charge is 2.36. The van der Waals surface area contributed by atoms with Crippen LogP contribution < -0.4 is 10.4 Å². The first-order chi connectivity index (χ1) is 14.9. The van der Waals surface area contributed by atoms with Gasteiger partial charge in [-0.1, -0.05) is 83.6 Å². The minimum atomic E-state index is -4.21. The van der Waals surface area contributed by atoms with E-state index in [4.69, 9.17) is 0 Å². The van der Waals surface area contributed by atoms with E-state index in [1.807, 2.05) is 36.4 Å². The molecule has 5 rings (SSSR count). The zero-order chi connectivity index (χ0) is 21.8. The van der Waals surface area contributed by atoms with E-state index in [-0.39, 0.29) is 6.42 Å². The molecule has 2 aliphatic rings. The van der Waals surface area contributed by atoms with Crippen molar-refractivity contribution in [1.82, 2.24) is 0 Å². The van der Waals surface area contributed by atoms with Gasteiger partial charge in [-0.25, -0.2) is 0 Å². The summed E-state index contributed by atoms with van der Waals surface area (Å²) in [6, 6.07) is 16.1. The lowest BCUT2D eigenvalue weighted by molar-refractivity contribution is 0.459. The Balaban J connectivity index is 1.78. The molecular weight excluding hydrogens is 472 g/mol. The van der Waals surface area contributed by atoms with Crippen LogP contribution in [0, 0.1) is 5.92 Å². The molecule has 3 unspecified atom stereocenters. The van der Waals surface area contributed by atoms with Gasteiger partial charge in [0.15, 0.2) is 0 Å². The van der Waals surface area contributed by atoms with Crippen LogP contribution >= 0.6 is 15.9 Å². The molecule has 0 radical (unpaired) electrons. The Morgan fingerprint density at radius 3 is 2.42 bits per heavy atom. The molecule has 0 aliphatic heterocycles. The summed E-state index contributed by atoms with van der Waals surface area (Å²) in [6.07, 6.45) is 10.1. The van der Waals surface area contributed by atoms with E-state index in [2.05, 4.69) is 59.3 Å². The topological polar surface area (TPSA) is 54.4 Å². The molecule has 0 heterocycles. The van der Waals surface area contributed by atoms with Crippen LogP contribution in [0.3, 0.4) is 0 Å². The first-order valence-electron chi connectivity index (χ1n) is 10.5. The van der Waals surface area contributed by atoms with Crippen LogP contribution in [-0.2, 0) is 10.1 Å². The smallest absolute Gasteiger partial charge is 0.269 e. The van der Waals surface area contributed by atoms with Crippen molar-refractivity contribution in [1.29, 1.82) is 0 Å². The highest BCUT2D eigenvalue weighted by atomic mass is 79.9. The monoisotopic (exact) mass is 494 g/mol. The lowest BCUT2D eigenvalue weighted by Gasteiger charge is -2.29. The van der Waals surface area contributed by atoms with Gasteiger partial charge in [-0.05, 0) is 68.8 Å². The maximum atomic E-state index is 12.3. The zero-order valence-corrected chi connectivity index (χ0v) is 19.5. The summed E-state index contributed by atoms with van der Waals surface area (Å²) >= 11 is 3.45. The van der Waals surface area contributed by atoms with Crippen LogP contribution in [-0.4, -0.2) is 18.2 Å². The zero-order valence-electron chi connectivity index (χ0n) is 17.1. The summed E-state index contributed by atoms with van der Waals surface area (Å²) < 4.78 is 35.5. The second-order valence-electron chi connectivity index (χ2n) is 8.35. The number of hydrogen-bond donors (Lipinski definition) is 1. The van der Waals surface area contributed by atoms with Crippen LogP contribution in [0.4, 0.5) is 0 Å². The summed E-state index contributed by atoms with van der Waals surface area (Å²) in [6.45, 7) is 2.19. The van der Waals surface area contributed by atoms with Crippen molar-refractivity contribution >= 4 is 55.0 Å². The van der Waals surface area contributed by atoms with Crippen LogP contribution in [0.15, 0.2) is 59.1 Å².